The van der Waals surface area contributed by atoms with E-state index in [9.17, 15) is 4.79 Å². The molecule has 0 saturated heterocycles. The lowest BCUT2D eigenvalue weighted by atomic mass is 9.83. The Morgan fingerprint density at radius 1 is 1.29 bits per heavy atom. The van der Waals surface area contributed by atoms with Gasteiger partial charge in [-0.1, -0.05) is 19.8 Å². The Kier molecular flexibility index (Phi) is 4.99. The molecule has 1 fully saturated rings. The lowest BCUT2D eigenvalue weighted by Crippen LogP contribution is -2.38. The molecule has 3 heteroatoms. The second-order valence-electron chi connectivity index (χ2n) is 6.24. The second kappa shape index (κ2) is 5.85. The Hall–Kier alpha value is -0.570. The Morgan fingerprint density at radius 2 is 1.88 bits per heavy atom. The molecule has 0 radical (unpaired) electrons. The summed E-state index contributed by atoms with van der Waals surface area (Å²) in [7, 11) is 0. The summed E-state index contributed by atoms with van der Waals surface area (Å²) < 4.78 is 5.46. The SMILES string of the molecule is CCC1(CNC(=O)COC(C)(C)C)CCCC1. The van der Waals surface area contributed by atoms with Gasteiger partial charge in [0, 0.05) is 6.54 Å². The van der Waals surface area contributed by atoms with E-state index < -0.39 is 0 Å². The van der Waals surface area contributed by atoms with Gasteiger partial charge in [-0.05, 0) is 45.4 Å². The van der Waals surface area contributed by atoms with E-state index in [1.54, 1.807) is 0 Å². The number of amides is 1. The molecule has 3 nitrogen and oxygen atoms in total. The number of hydrogen-bond donors (Lipinski definition) is 1. The Bertz CT molecular complexity index is 249. The lowest BCUT2D eigenvalue weighted by molar-refractivity contribution is -0.131. The van der Waals surface area contributed by atoms with Crippen LogP contribution in [-0.4, -0.2) is 24.7 Å². The largest absolute Gasteiger partial charge is 0.366 e. The Morgan fingerprint density at radius 3 is 2.35 bits per heavy atom. The van der Waals surface area contributed by atoms with E-state index in [0.717, 1.165) is 13.0 Å². The highest BCUT2D eigenvalue weighted by Crippen LogP contribution is 2.40. The van der Waals surface area contributed by atoms with Gasteiger partial charge in [0.15, 0.2) is 0 Å². The molecule has 1 aliphatic carbocycles. The van der Waals surface area contributed by atoms with Gasteiger partial charge in [0.2, 0.25) is 5.91 Å². The molecule has 1 N–H and O–H groups in total. The quantitative estimate of drug-likeness (QED) is 0.803. The predicted molar refractivity (Wildman–Crippen MR) is 69.9 cm³/mol. The zero-order valence-corrected chi connectivity index (χ0v) is 11.8. The van der Waals surface area contributed by atoms with E-state index in [-0.39, 0.29) is 18.1 Å². The van der Waals surface area contributed by atoms with Crippen LogP contribution in [0.3, 0.4) is 0 Å². The van der Waals surface area contributed by atoms with E-state index in [4.69, 9.17) is 4.74 Å². The molecule has 1 aliphatic rings. The van der Waals surface area contributed by atoms with Gasteiger partial charge in [-0.15, -0.1) is 0 Å². The fraction of sp³-hybridized carbons (Fsp3) is 0.929. The van der Waals surface area contributed by atoms with Crippen LogP contribution in [0.15, 0.2) is 0 Å². The maximum atomic E-state index is 11.7. The van der Waals surface area contributed by atoms with Crippen molar-refractivity contribution in [2.24, 2.45) is 5.41 Å². The van der Waals surface area contributed by atoms with E-state index in [0.29, 0.717) is 5.41 Å². The van der Waals surface area contributed by atoms with Gasteiger partial charge >= 0.3 is 0 Å². The van der Waals surface area contributed by atoms with Crippen LogP contribution in [0.4, 0.5) is 0 Å². The molecule has 17 heavy (non-hydrogen) atoms. The molecule has 1 saturated carbocycles. The molecule has 100 valence electrons. The molecule has 0 aromatic carbocycles. The standard InChI is InChI=1S/C14H27NO2/c1-5-14(8-6-7-9-14)11-15-12(16)10-17-13(2,3)4/h5-11H2,1-4H3,(H,15,16). The summed E-state index contributed by atoms with van der Waals surface area (Å²) >= 11 is 0. The van der Waals surface area contributed by atoms with Crippen molar-refractivity contribution in [2.45, 2.75) is 65.4 Å². The molecule has 0 heterocycles. The molecule has 1 amide bonds. The van der Waals surface area contributed by atoms with Gasteiger partial charge in [-0.3, -0.25) is 4.79 Å². The molecular weight excluding hydrogens is 214 g/mol. The van der Waals surface area contributed by atoms with E-state index in [2.05, 4.69) is 12.2 Å². The third kappa shape index (κ3) is 5.07. The zero-order chi connectivity index (χ0) is 12.9. The van der Waals surface area contributed by atoms with Gasteiger partial charge in [-0.2, -0.15) is 0 Å². The number of nitrogens with one attached hydrogen (secondary N) is 1. The highest BCUT2D eigenvalue weighted by molar-refractivity contribution is 5.77. The highest BCUT2D eigenvalue weighted by Gasteiger charge is 2.32. The number of hydrogen-bond acceptors (Lipinski definition) is 2. The Balaban J connectivity index is 2.27. The third-order valence-corrected chi connectivity index (χ3v) is 3.71. The van der Waals surface area contributed by atoms with Crippen LogP contribution < -0.4 is 5.32 Å². The van der Waals surface area contributed by atoms with Gasteiger partial charge in [-0.25, -0.2) is 0 Å². The first-order valence-corrected chi connectivity index (χ1v) is 6.78. The summed E-state index contributed by atoms with van der Waals surface area (Å²) in [5, 5.41) is 3.02. The van der Waals surface area contributed by atoms with E-state index in [1.165, 1.54) is 25.7 Å². The lowest BCUT2D eigenvalue weighted by Gasteiger charge is -2.28. The van der Waals surface area contributed by atoms with Gasteiger partial charge in [0.1, 0.15) is 6.61 Å². The van der Waals surface area contributed by atoms with Crippen molar-refractivity contribution in [1.82, 2.24) is 5.32 Å². The second-order valence-corrected chi connectivity index (χ2v) is 6.24. The molecule has 0 aliphatic heterocycles. The third-order valence-electron chi connectivity index (χ3n) is 3.71. The fourth-order valence-corrected chi connectivity index (χ4v) is 2.40. The molecule has 0 aromatic heterocycles. The van der Waals surface area contributed by atoms with Crippen LogP contribution in [0, 0.1) is 5.41 Å². The fourth-order valence-electron chi connectivity index (χ4n) is 2.40. The number of rotatable bonds is 5. The van der Waals surface area contributed by atoms with Crippen molar-refractivity contribution in [1.29, 1.82) is 0 Å². The minimum Gasteiger partial charge on any atom is -0.366 e. The molecule has 1 rings (SSSR count). The molecule has 0 spiro atoms. The minimum atomic E-state index is -0.243. The number of ether oxygens (including phenoxy) is 1. The summed E-state index contributed by atoms with van der Waals surface area (Å²) in [5.74, 6) is 0.0136. The van der Waals surface area contributed by atoms with Crippen molar-refractivity contribution in [3.05, 3.63) is 0 Å². The Labute approximate surface area is 105 Å². The minimum absolute atomic E-state index is 0.0136. The highest BCUT2D eigenvalue weighted by atomic mass is 16.5. The van der Waals surface area contributed by atoms with Crippen molar-refractivity contribution in [3.8, 4) is 0 Å². The normalized spacial score (nSPS) is 19.3. The van der Waals surface area contributed by atoms with Crippen molar-refractivity contribution < 1.29 is 9.53 Å². The van der Waals surface area contributed by atoms with Gasteiger partial charge in [0.05, 0.1) is 5.60 Å². The molecule has 0 unspecified atom stereocenters. The maximum absolute atomic E-state index is 11.7. The van der Waals surface area contributed by atoms with Gasteiger partial charge < -0.3 is 10.1 Å². The molecule has 0 atom stereocenters. The monoisotopic (exact) mass is 241 g/mol. The maximum Gasteiger partial charge on any atom is 0.246 e. The first-order chi connectivity index (χ1) is 7.87. The van der Waals surface area contributed by atoms with Crippen LogP contribution in [0.5, 0.6) is 0 Å². The molecule has 0 aromatic rings. The average molecular weight is 241 g/mol. The summed E-state index contributed by atoms with van der Waals surface area (Å²) in [4.78, 5) is 11.7. The summed E-state index contributed by atoms with van der Waals surface area (Å²) in [6.45, 7) is 9.10. The van der Waals surface area contributed by atoms with Crippen molar-refractivity contribution in [3.63, 3.8) is 0 Å². The summed E-state index contributed by atoms with van der Waals surface area (Å²) in [5.41, 5.74) is 0.116. The van der Waals surface area contributed by atoms with Crippen LogP contribution in [0.25, 0.3) is 0 Å². The summed E-state index contributed by atoms with van der Waals surface area (Å²) in [6.07, 6.45) is 6.28. The zero-order valence-electron chi connectivity index (χ0n) is 11.8. The van der Waals surface area contributed by atoms with Gasteiger partial charge in [0.25, 0.3) is 0 Å². The van der Waals surface area contributed by atoms with E-state index in [1.807, 2.05) is 20.8 Å². The smallest absolute Gasteiger partial charge is 0.246 e. The predicted octanol–water partition coefficient (Wildman–Crippen LogP) is 2.89. The number of carbonyl (C=O) groups is 1. The van der Waals surface area contributed by atoms with E-state index >= 15 is 0 Å². The summed E-state index contributed by atoms with van der Waals surface area (Å²) in [6, 6.07) is 0. The average Bonchev–Trinajstić information content (AvgIpc) is 2.72. The molecular formula is C14H27NO2. The van der Waals surface area contributed by atoms with Crippen LogP contribution in [0.2, 0.25) is 0 Å². The first kappa shape index (κ1) is 14.5. The first-order valence-electron chi connectivity index (χ1n) is 6.78. The van der Waals surface area contributed by atoms with Crippen molar-refractivity contribution >= 4 is 5.91 Å². The van der Waals surface area contributed by atoms with Crippen LogP contribution in [0.1, 0.15) is 59.8 Å². The van der Waals surface area contributed by atoms with Crippen LogP contribution >= 0.6 is 0 Å². The topological polar surface area (TPSA) is 38.3 Å². The van der Waals surface area contributed by atoms with Crippen LogP contribution in [-0.2, 0) is 9.53 Å². The molecule has 0 bridgehead atoms. The van der Waals surface area contributed by atoms with Crippen molar-refractivity contribution in [2.75, 3.05) is 13.2 Å². The number of carbonyl (C=O) groups excluding carboxylic acids is 1.